The summed E-state index contributed by atoms with van der Waals surface area (Å²) in [6.45, 7) is 2.63. The van der Waals surface area contributed by atoms with E-state index in [9.17, 15) is 19.5 Å². The predicted octanol–water partition coefficient (Wildman–Crippen LogP) is 1.81. The first-order valence-corrected chi connectivity index (χ1v) is 8.77. The van der Waals surface area contributed by atoms with E-state index in [2.05, 4.69) is 22.1 Å². The quantitative estimate of drug-likeness (QED) is 0.544. The molecule has 1 heterocycles. The van der Waals surface area contributed by atoms with Gasteiger partial charge in [-0.15, -0.1) is 0 Å². The molecule has 0 fully saturated rings. The zero-order valence-electron chi connectivity index (χ0n) is 15.8. The van der Waals surface area contributed by atoms with Crippen LogP contribution in [-0.4, -0.2) is 39.4 Å². The number of rotatable bonds is 3. The Bertz CT molecular complexity index is 1110. The average molecular weight is 390 g/mol. The van der Waals surface area contributed by atoms with Gasteiger partial charge in [0.15, 0.2) is 5.78 Å². The minimum atomic E-state index is -1.25. The number of aliphatic hydroxyl groups excluding tert-OH is 1. The maximum Gasteiger partial charge on any atom is 0.322 e. The Hall–Kier alpha value is -3.92. The number of carbonyl (C=O) groups excluding carboxylic acids is 2. The standard InChI is InChI=1S/C22H18N2O5/c1-22(2)16-10-13(5-6-14-4-3-9-23-11-14)7-8-15(16)19(27)18(20(22)28)21(29)24-12-17(25)26/h3-4,7-11,27H,12H2,1-2H3,(H,24,29)(H,25,26). The van der Waals surface area contributed by atoms with E-state index in [-0.39, 0.29) is 0 Å². The molecule has 0 aliphatic heterocycles. The summed E-state index contributed by atoms with van der Waals surface area (Å²) in [6, 6.07) is 8.58. The molecule has 7 nitrogen and oxygen atoms in total. The molecule has 0 unspecified atom stereocenters. The summed E-state index contributed by atoms with van der Waals surface area (Å²) in [7, 11) is 0. The van der Waals surface area contributed by atoms with E-state index in [4.69, 9.17) is 5.11 Å². The molecule has 0 spiro atoms. The zero-order chi connectivity index (χ0) is 21.2. The van der Waals surface area contributed by atoms with Gasteiger partial charge in [0, 0.05) is 29.1 Å². The lowest BCUT2D eigenvalue weighted by Gasteiger charge is -2.32. The van der Waals surface area contributed by atoms with E-state index in [1.165, 1.54) is 0 Å². The lowest BCUT2D eigenvalue weighted by Crippen LogP contribution is -2.42. The van der Waals surface area contributed by atoms with Crippen LogP contribution in [0.3, 0.4) is 0 Å². The normalized spacial score (nSPS) is 14.5. The fourth-order valence-electron chi connectivity index (χ4n) is 3.06. The highest BCUT2D eigenvalue weighted by Crippen LogP contribution is 2.39. The minimum absolute atomic E-state index is 0.335. The van der Waals surface area contributed by atoms with Gasteiger partial charge < -0.3 is 15.5 Å². The summed E-state index contributed by atoms with van der Waals surface area (Å²) in [5.74, 6) is 2.74. The van der Waals surface area contributed by atoms with E-state index in [1.807, 2.05) is 6.07 Å². The first-order valence-electron chi connectivity index (χ1n) is 8.77. The molecular formula is C22H18N2O5. The molecule has 1 aromatic heterocycles. The number of carboxylic acids is 1. The molecule has 1 aliphatic carbocycles. The zero-order valence-corrected chi connectivity index (χ0v) is 15.8. The summed E-state index contributed by atoms with van der Waals surface area (Å²) in [4.78, 5) is 39.9. The number of hydrogen-bond acceptors (Lipinski definition) is 5. The van der Waals surface area contributed by atoms with Crippen molar-refractivity contribution in [3.63, 3.8) is 0 Å². The number of aromatic nitrogens is 1. The highest BCUT2D eigenvalue weighted by atomic mass is 16.4. The second-order valence-corrected chi connectivity index (χ2v) is 7.01. The summed E-state index contributed by atoms with van der Waals surface area (Å²) >= 11 is 0. The minimum Gasteiger partial charge on any atom is -0.506 e. The maximum atomic E-state index is 12.9. The molecule has 0 radical (unpaired) electrons. The molecule has 146 valence electrons. The number of nitrogens with one attached hydrogen (secondary N) is 1. The summed E-state index contributed by atoms with van der Waals surface area (Å²) in [5.41, 5.74) is 0.692. The number of Topliss-reactive ketones (excluding diaryl/α,β-unsaturated/α-hetero) is 1. The van der Waals surface area contributed by atoms with Crippen molar-refractivity contribution in [3.8, 4) is 11.8 Å². The summed E-state index contributed by atoms with van der Waals surface area (Å²) in [5, 5.41) is 21.4. The number of nitrogens with zero attached hydrogens (tertiary/aromatic N) is 1. The number of pyridine rings is 1. The largest absolute Gasteiger partial charge is 0.506 e. The van der Waals surface area contributed by atoms with Crippen LogP contribution in [0.25, 0.3) is 5.76 Å². The number of ketones is 1. The molecule has 7 heteroatoms. The monoisotopic (exact) mass is 390 g/mol. The van der Waals surface area contributed by atoms with Crippen LogP contribution in [0.2, 0.25) is 0 Å². The van der Waals surface area contributed by atoms with E-state index in [1.54, 1.807) is 50.5 Å². The average Bonchev–Trinajstić information content (AvgIpc) is 2.70. The van der Waals surface area contributed by atoms with Crippen LogP contribution in [0.4, 0.5) is 0 Å². The fourth-order valence-corrected chi connectivity index (χ4v) is 3.06. The molecular weight excluding hydrogens is 372 g/mol. The first kappa shape index (κ1) is 19.8. The van der Waals surface area contributed by atoms with Gasteiger partial charge in [-0.1, -0.05) is 11.8 Å². The molecule has 1 aliphatic rings. The molecule has 0 saturated carbocycles. The second kappa shape index (κ2) is 7.60. The van der Waals surface area contributed by atoms with E-state index >= 15 is 0 Å². The van der Waals surface area contributed by atoms with Crippen molar-refractivity contribution < 1.29 is 24.6 Å². The van der Waals surface area contributed by atoms with Crippen LogP contribution >= 0.6 is 0 Å². The van der Waals surface area contributed by atoms with Gasteiger partial charge in [0.25, 0.3) is 5.91 Å². The maximum absolute atomic E-state index is 12.9. The summed E-state index contributed by atoms with van der Waals surface area (Å²) in [6.07, 6.45) is 3.28. The van der Waals surface area contributed by atoms with Gasteiger partial charge in [-0.2, -0.15) is 0 Å². The lowest BCUT2D eigenvalue weighted by molar-refractivity contribution is -0.138. The summed E-state index contributed by atoms with van der Waals surface area (Å²) < 4.78 is 0. The molecule has 0 atom stereocenters. The van der Waals surface area contributed by atoms with Crippen molar-refractivity contribution in [2.45, 2.75) is 19.3 Å². The lowest BCUT2D eigenvalue weighted by atomic mass is 9.70. The molecule has 29 heavy (non-hydrogen) atoms. The van der Waals surface area contributed by atoms with Gasteiger partial charge in [-0.05, 0) is 49.7 Å². The van der Waals surface area contributed by atoms with Crippen molar-refractivity contribution in [1.29, 1.82) is 0 Å². The van der Waals surface area contributed by atoms with Crippen LogP contribution < -0.4 is 5.32 Å². The van der Waals surface area contributed by atoms with Gasteiger partial charge in [0.2, 0.25) is 0 Å². The third-order valence-electron chi connectivity index (χ3n) is 4.62. The number of benzene rings is 1. The highest BCUT2D eigenvalue weighted by Gasteiger charge is 2.43. The molecule has 2 aromatic rings. The van der Waals surface area contributed by atoms with Crippen LogP contribution in [0.5, 0.6) is 0 Å². The third kappa shape index (κ3) is 3.87. The van der Waals surface area contributed by atoms with Crippen LogP contribution in [0.15, 0.2) is 48.3 Å². The Balaban J connectivity index is 2.03. The number of amides is 1. The Labute approximate surface area is 167 Å². The number of carboxylic acid groups (broad SMARTS) is 1. The van der Waals surface area contributed by atoms with Crippen molar-refractivity contribution in [3.05, 3.63) is 70.6 Å². The number of hydrogen-bond donors (Lipinski definition) is 3. The topological polar surface area (TPSA) is 117 Å². The molecule has 3 rings (SSSR count). The highest BCUT2D eigenvalue weighted by molar-refractivity contribution is 6.28. The predicted molar refractivity (Wildman–Crippen MR) is 105 cm³/mol. The van der Waals surface area contributed by atoms with E-state index in [0.717, 1.165) is 5.56 Å². The van der Waals surface area contributed by atoms with Gasteiger partial charge in [-0.25, -0.2) is 0 Å². The Morgan fingerprint density at radius 2 is 1.90 bits per heavy atom. The number of aliphatic hydroxyl groups is 1. The second-order valence-electron chi connectivity index (χ2n) is 7.01. The molecule has 0 bridgehead atoms. The van der Waals surface area contributed by atoms with Crippen LogP contribution in [0.1, 0.15) is 36.1 Å². The van der Waals surface area contributed by atoms with Gasteiger partial charge >= 0.3 is 5.97 Å². The third-order valence-corrected chi connectivity index (χ3v) is 4.62. The van der Waals surface area contributed by atoms with Crippen molar-refractivity contribution in [2.75, 3.05) is 6.54 Å². The fraction of sp³-hybridized carbons (Fsp3) is 0.182. The van der Waals surface area contributed by atoms with E-state index in [0.29, 0.717) is 16.7 Å². The van der Waals surface area contributed by atoms with Crippen molar-refractivity contribution in [2.24, 2.45) is 0 Å². The van der Waals surface area contributed by atoms with Gasteiger partial charge in [0.05, 0.1) is 5.41 Å². The van der Waals surface area contributed by atoms with Crippen molar-refractivity contribution in [1.82, 2.24) is 10.3 Å². The molecule has 1 amide bonds. The first-order chi connectivity index (χ1) is 13.7. The van der Waals surface area contributed by atoms with E-state index < -0.39 is 41.0 Å². The number of carbonyl (C=O) groups is 3. The number of fused-ring (bicyclic) bond motifs is 1. The molecule has 0 saturated heterocycles. The SMILES string of the molecule is CC1(C)C(=O)C(C(=O)NCC(=O)O)=C(O)c2ccc(C#Cc3cccnc3)cc21. The van der Waals surface area contributed by atoms with Gasteiger partial charge in [-0.3, -0.25) is 19.4 Å². The Morgan fingerprint density at radius 1 is 1.17 bits per heavy atom. The van der Waals surface area contributed by atoms with Crippen LogP contribution in [0, 0.1) is 11.8 Å². The Morgan fingerprint density at radius 3 is 2.55 bits per heavy atom. The molecule has 1 aromatic carbocycles. The van der Waals surface area contributed by atoms with Gasteiger partial charge in [0.1, 0.15) is 17.9 Å². The van der Waals surface area contributed by atoms with Crippen LogP contribution in [-0.2, 0) is 19.8 Å². The smallest absolute Gasteiger partial charge is 0.322 e. The molecule has 3 N–H and O–H groups in total. The van der Waals surface area contributed by atoms with Crippen molar-refractivity contribution >= 4 is 23.4 Å². The Kier molecular flexibility index (Phi) is 5.20. The number of aliphatic carboxylic acids is 1.